The number of nitrogens with one attached hydrogen (secondary N) is 1. The first-order chi connectivity index (χ1) is 17.3. The van der Waals surface area contributed by atoms with E-state index in [1.54, 1.807) is 23.4 Å². The standard InChI is InChI=1S/C24H25N7O4S/c1-29(36(2,33)34)22-18(4-3-10-25-22)15-30-11-9-17-14-26-24(28-23(17)30)27-19-5-7-20(8-6-19)31-12-13-35-16-21(31)32/h3-11,14H,12-13,15-16H2,1-2H3,(H,26,27,28). The van der Waals surface area contributed by atoms with E-state index in [9.17, 15) is 13.2 Å². The molecule has 3 aromatic heterocycles. The Bertz CT molecular complexity index is 1520. The number of aromatic nitrogens is 4. The molecule has 1 fully saturated rings. The Morgan fingerprint density at radius 3 is 2.69 bits per heavy atom. The Kier molecular flexibility index (Phi) is 6.29. The fourth-order valence-corrected chi connectivity index (χ4v) is 4.46. The molecule has 1 N–H and O–H groups in total. The number of hydrogen-bond acceptors (Lipinski definition) is 8. The highest BCUT2D eigenvalue weighted by Crippen LogP contribution is 2.24. The average Bonchev–Trinajstić information content (AvgIpc) is 3.26. The number of amides is 1. The molecule has 5 rings (SSSR count). The third kappa shape index (κ3) is 4.86. The predicted octanol–water partition coefficient (Wildman–Crippen LogP) is 2.38. The molecule has 11 nitrogen and oxygen atoms in total. The lowest BCUT2D eigenvalue weighted by molar-refractivity contribution is -0.125. The smallest absolute Gasteiger partial charge is 0.253 e. The van der Waals surface area contributed by atoms with E-state index in [2.05, 4.69) is 20.3 Å². The van der Waals surface area contributed by atoms with E-state index in [4.69, 9.17) is 4.74 Å². The second-order valence-electron chi connectivity index (χ2n) is 8.40. The number of ether oxygens (including phenoxy) is 1. The van der Waals surface area contributed by atoms with Crippen LogP contribution in [0.5, 0.6) is 0 Å². The van der Waals surface area contributed by atoms with Gasteiger partial charge in [-0.05, 0) is 36.4 Å². The number of anilines is 4. The first kappa shape index (κ1) is 23.7. The summed E-state index contributed by atoms with van der Waals surface area (Å²) in [5.41, 5.74) is 3.02. The molecule has 0 bridgehead atoms. The highest BCUT2D eigenvalue weighted by Gasteiger charge is 2.20. The number of rotatable bonds is 7. The highest BCUT2D eigenvalue weighted by atomic mass is 32.2. The van der Waals surface area contributed by atoms with Crippen LogP contribution in [0.3, 0.4) is 0 Å². The Hall–Kier alpha value is -4.03. The van der Waals surface area contributed by atoms with Crippen molar-refractivity contribution in [3.63, 3.8) is 0 Å². The van der Waals surface area contributed by atoms with Crippen LogP contribution in [0.4, 0.5) is 23.1 Å². The minimum atomic E-state index is -3.46. The molecule has 0 saturated carbocycles. The van der Waals surface area contributed by atoms with Gasteiger partial charge in [-0.3, -0.25) is 9.10 Å². The maximum atomic E-state index is 12.1. The van der Waals surface area contributed by atoms with Crippen LogP contribution >= 0.6 is 0 Å². The van der Waals surface area contributed by atoms with E-state index >= 15 is 0 Å². The van der Waals surface area contributed by atoms with Crippen LogP contribution in [0.2, 0.25) is 0 Å². The molecular formula is C24H25N7O4S. The number of benzene rings is 1. The number of pyridine rings is 1. The summed E-state index contributed by atoms with van der Waals surface area (Å²) in [4.78, 5) is 27.1. The van der Waals surface area contributed by atoms with Crippen LogP contribution in [-0.4, -0.2) is 66.9 Å². The van der Waals surface area contributed by atoms with Gasteiger partial charge in [0.2, 0.25) is 16.0 Å². The summed E-state index contributed by atoms with van der Waals surface area (Å²) < 4.78 is 32.4. The molecule has 186 valence electrons. The number of nitrogens with zero attached hydrogens (tertiary/aromatic N) is 6. The summed E-state index contributed by atoms with van der Waals surface area (Å²) in [7, 11) is -1.97. The average molecular weight is 508 g/mol. The van der Waals surface area contributed by atoms with Crippen molar-refractivity contribution >= 4 is 50.1 Å². The van der Waals surface area contributed by atoms with Gasteiger partial charge in [0.1, 0.15) is 18.1 Å². The number of fused-ring (bicyclic) bond motifs is 1. The first-order valence-corrected chi connectivity index (χ1v) is 13.1. The summed E-state index contributed by atoms with van der Waals surface area (Å²) in [6.07, 6.45) is 6.33. The Balaban J connectivity index is 1.38. The van der Waals surface area contributed by atoms with E-state index < -0.39 is 10.0 Å². The van der Waals surface area contributed by atoms with Crippen LogP contribution in [0.1, 0.15) is 5.56 Å². The lowest BCUT2D eigenvalue weighted by atomic mass is 10.2. The Morgan fingerprint density at radius 1 is 1.14 bits per heavy atom. The quantitative estimate of drug-likeness (QED) is 0.405. The second-order valence-corrected chi connectivity index (χ2v) is 10.4. The normalized spacial score (nSPS) is 14.3. The molecule has 0 aliphatic carbocycles. The Morgan fingerprint density at radius 2 is 1.94 bits per heavy atom. The minimum absolute atomic E-state index is 0.0593. The topological polar surface area (TPSA) is 123 Å². The van der Waals surface area contributed by atoms with Crippen molar-refractivity contribution in [2.45, 2.75) is 6.54 Å². The van der Waals surface area contributed by atoms with Gasteiger partial charge < -0.3 is 19.5 Å². The molecule has 1 saturated heterocycles. The molecule has 36 heavy (non-hydrogen) atoms. The molecule has 0 unspecified atom stereocenters. The van der Waals surface area contributed by atoms with Gasteiger partial charge in [-0.2, -0.15) is 4.98 Å². The van der Waals surface area contributed by atoms with Gasteiger partial charge in [0, 0.05) is 54.5 Å². The molecule has 0 spiro atoms. The van der Waals surface area contributed by atoms with Crippen LogP contribution in [0.15, 0.2) is 61.1 Å². The highest BCUT2D eigenvalue weighted by molar-refractivity contribution is 7.92. The Labute approximate surface area is 208 Å². The van der Waals surface area contributed by atoms with Crippen LogP contribution in [0, 0.1) is 0 Å². The third-order valence-electron chi connectivity index (χ3n) is 5.93. The van der Waals surface area contributed by atoms with Crippen molar-refractivity contribution in [1.29, 1.82) is 0 Å². The molecule has 12 heteroatoms. The zero-order valence-corrected chi connectivity index (χ0v) is 20.6. The minimum Gasteiger partial charge on any atom is -0.370 e. The van der Waals surface area contributed by atoms with Gasteiger partial charge >= 0.3 is 0 Å². The van der Waals surface area contributed by atoms with Crippen molar-refractivity contribution in [3.8, 4) is 0 Å². The lowest BCUT2D eigenvalue weighted by Gasteiger charge is -2.26. The summed E-state index contributed by atoms with van der Waals surface area (Å²) in [5.74, 6) is 0.724. The van der Waals surface area contributed by atoms with Crippen molar-refractivity contribution in [2.75, 3.05) is 47.6 Å². The van der Waals surface area contributed by atoms with E-state index in [0.717, 1.165) is 28.6 Å². The number of hydrogen-bond donors (Lipinski definition) is 1. The fraction of sp³-hybridized carbons (Fsp3) is 0.250. The molecule has 1 aliphatic heterocycles. The van der Waals surface area contributed by atoms with Crippen molar-refractivity contribution in [1.82, 2.24) is 19.5 Å². The van der Waals surface area contributed by atoms with Crippen molar-refractivity contribution < 1.29 is 17.9 Å². The molecule has 4 aromatic rings. The van der Waals surface area contributed by atoms with Gasteiger partial charge in [-0.15, -0.1) is 0 Å². The maximum absolute atomic E-state index is 12.1. The van der Waals surface area contributed by atoms with Gasteiger partial charge in [0.15, 0.2) is 0 Å². The summed E-state index contributed by atoms with van der Waals surface area (Å²) in [5, 5.41) is 4.05. The third-order valence-corrected chi connectivity index (χ3v) is 7.09. The summed E-state index contributed by atoms with van der Waals surface area (Å²) >= 11 is 0. The lowest BCUT2D eigenvalue weighted by Crippen LogP contribution is -2.41. The maximum Gasteiger partial charge on any atom is 0.253 e. The number of carbonyl (C=O) groups excluding carboxylic acids is 1. The largest absolute Gasteiger partial charge is 0.370 e. The number of morpholine rings is 1. The van der Waals surface area contributed by atoms with Crippen LogP contribution in [-0.2, 0) is 26.1 Å². The molecule has 0 radical (unpaired) electrons. The van der Waals surface area contributed by atoms with Crippen molar-refractivity contribution in [2.24, 2.45) is 0 Å². The van der Waals surface area contributed by atoms with E-state index in [1.165, 1.54) is 11.4 Å². The first-order valence-electron chi connectivity index (χ1n) is 11.2. The molecular weight excluding hydrogens is 482 g/mol. The molecule has 1 aromatic carbocycles. The SMILES string of the molecule is CN(c1ncccc1Cn1ccc2cnc(Nc3ccc(N4CCOCC4=O)cc3)nc21)S(C)(=O)=O. The monoisotopic (exact) mass is 507 g/mol. The molecule has 1 amide bonds. The van der Waals surface area contributed by atoms with Gasteiger partial charge in [0.05, 0.1) is 19.4 Å². The van der Waals surface area contributed by atoms with E-state index in [0.29, 0.717) is 37.1 Å². The predicted molar refractivity (Wildman–Crippen MR) is 137 cm³/mol. The zero-order chi connectivity index (χ0) is 25.3. The second kappa shape index (κ2) is 9.55. The molecule has 4 heterocycles. The van der Waals surface area contributed by atoms with E-state index in [-0.39, 0.29) is 12.5 Å². The van der Waals surface area contributed by atoms with Gasteiger partial charge in [0.25, 0.3) is 5.91 Å². The van der Waals surface area contributed by atoms with Gasteiger partial charge in [-0.1, -0.05) is 6.07 Å². The van der Waals surface area contributed by atoms with E-state index in [1.807, 2.05) is 47.2 Å². The van der Waals surface area contributed by atoms with Crippen LogP contribution < -0.4 is 14.5 Å². The van der Waals surface area contributed by atoms with Gasteiger partial charge in [-0.25, -0.2) is 18.4 Å². The number of carbonyl (C=O) groups is 1. The summed E-state index contributed by atoms with van der Waals surface area (Å²) in [6, 6.07) is 13.0. The van der Waals surface area contributed by atoms with Crippen LogP contribution in [0.25, 0.3) is 11.0 Å². The fourth-order valence-electron chi connectivity index (χ4n) is 3.98. The molecule has 1 aliphatic rings. The summed E-state index contributed by atoms with van der Waals surface area (Å²) in [6.45, 7) is 1.52. The van der Waals surface area contributed by atoms with Crippen molar-refractivity contribution in [3.05, 3.63) is 66.6 Å². The zero-order valence-electron chi connectivity index (χ0n) is 19.8. The molecule has 0 atom stereocenters. The number of sulfonamides is 1.